The molecule has 5 nitrogen and oxygen atoms in total. The van der Waals surface area contributed by atoms with Crippen LogP contribution in [0.1, 0.15) is 47.1 Å². The van der Waals surface area contributed by atoms with E-state index in [0.717, 1.165) is 29.5 Å². The van der Waals surface area contributed by atoms with Gasteiger partial charge in [0, 0.05) is 24.9 Å². The van der Waals surface area contributed by atoms with Gasteiger partial charge in [-0.05, 0) is 37.1 Å². The van der Waals surface area contributed by atoms with Crippen LogP contribution in [0, 0.1) is 0 Å². The standard InChI is InChI=1S/C16H19N3O2S/c20-16(13-9-18-15(19-10-13)12-4-5-12)17-6-2-8-22-11-14-3-1-7-21-14/h1,3,7,9-10,12H,2,4-6,8,11H2,(H,17,20). The van der Waals surface area contributed by atoms with Crippen molar-refractivity contribution in [1.29, 1.82) is 0 Å². The molecule has 3 rings (SSSR count). The molecule has 0 radical (unpaired) electrons. The fourth-order valence-corrected chi connectivity index (χ4v) is 2.91. The highest BCUT2D eigenvalue weighted by atomic mass is 32.2. The second kappa shape index (κ2) is 7.45. The summed E-state index contributed by atoms with van der Waals surface area (Å²) in [6, 6.07) is 3.87. The van der Waals surface area contributed by atoms with E-state index in [1.165, 1.54) is 12.8 Å². The third-order valence-electron chi connectivity index (χ3n) is 3.45. The Morgan fingerprint density at radius 3 is 2.86 bits per heavy atom. The lowest BCUT2D eigenvalue weighted by Crippen LogP contribution is -2.25. The highest BCUT2D eigenvalue weighted by Gasteiger charge is 2.26. The summed E-state index contributed by atoms with van der Waals surface area (Å²) in [7, 11) is 0. The minimum Gasteiger partial charge on any atom is -0.468 e. The van der Waals surface area contributed by atoms with Gasteiger partial charge in [-0.25, -0.2) is 9.97 Å². The lowest BCUT2D eigenvalue weighted by Gasteiger charge is -2.05. The van der Waals surface area contributed by atoms with Crippen LogP contribution in [0.5, 0.6) is 0 Å². The quantitative estimate of drug-likeness (QED) is 0.758. The third-order valence-corrected chi connectivity index (χ3v) is 4.52. The zero-order chi connectivity index (χ0) is 15.2. The second-order valence-electron chi connectivity index (χ2n) is 5.35. The van der Waals surface area contributed by atoms with Crippen molar-refractivity contribution in [3.05, 3.63) is 47.9 Å². The molecule has 1 fully saturated rings. The zero-order valence-corrected chi connectivity index (χ0v) is 13.1. The molecule has 0 saturated heterocycles. The van der Waals surface area contributed by atoms with E-state index >= 15 is 0 Å². The molecule has 1 aliphatic carbocycles. The molecule has 22 heavy (non-hydrogen) atoms. The number of furan rings is 1. The number of nitrogens with one attached hydrogen (secondary N) is 1. The van der Waals surface area contributed by atoms with Crippen LogP contribution in [0.15, 0.2) is 35.2 Å². The zero-order valence-electron chi connectivity index (χ0n) is 12.3. The van der Waals surface area contributed by atoms with Gasteiger partial charge in [-0.15, -0.1) is 0 Å². The normalized spacial score (nSPS) is 14.0. The summed E-state index contributed by atoms with van der Waals surface area (Å²) in [5.41, 5.74) is 0.535. The minimum atomic E-state index is -0.0987. The van der Waals surface area contributed by atoms with E-state index in [2.05, 4.69) is 15.3 Å². The van der Waals surface area contributed by atoms with Crippen LogP contribution in [0.2, 0.25) is 0 Å². The molecule has 0 atom stereocenters. The summed E-state index contributed by atoms with van der Waals surface area (Å²) in [5.74, 6) is 4.13. The Morgan fingerprint density at radius 1 is 1.36 bits per heavy atom. The molecule has 2 heterocycles. The van der Waals surface area contributed by atoms with Crippen molar-refractivity contribution in [2.75, 3.05) is 12.3 Å². The molecular weight excluding hydrogens is 298 g/mol. The monoisotopic (exact) mass is 317 g/mol. The van der Waals surface area contributed by atoms with Crippen LogP contribution in [0.3, 0.4) is 0 Å². The molecular formula is C16H19N3O2S. The molecule has 1 saturated carbocycles. The highest BCUT2D eigenvalue weighted by molar-refractivity contribution is 7.98. The fraction of sp³-hybridized carbons (Fsp3) is 0.438. The Balaban J connectivity index is 1.31. The SMILES string of the molecule is O=C(NCCCSCc1ccco1)c1cnc(C2CC2)nc1. The fourth-order valence-electron chi connectivity index (χ4n) is 2.05. The lowest BCUT2D eigenvalue weighted by atomic mass is 10.3. The van der Waals surface area contributed by atoms with Gasteiger partial charge in [0.25, 0.3) is 5.91 Å². The van der Waals surface area contributed by atoms with Gasteiger partial charge in [0.2, 0.25) is 0 Å². The highest BCUT2D eigenvalue weighted by Crippen LogP contribution is 2.37. The van der Waals surface area contributed by atoms with Crippen LogP contribution in [0.4, 0.5) is 0 Å². The number of aromatic nitrogens is 2. The molecule has 0 aliphatic heterocycles. The summed E-state index contributed by atoms with van der Waals surface area (Å²) in [6.45, 7) is 0.661. The van der Waals surface area contributed by atoms with Crippen LogP contribution >= 0.6 is 11.8 Å². The van der Waals surface area contributed by atoms with Crippen LogP contribution in [-0.2, 0) is 5.75 Å². The van der Waals surface area contributed by atoms with Crippen molar-refractivity contribution in [1.82, 2.24) is 15.3 Å². The van der Waals surface area contributed by atoms with Crippen LogP contribution < -0.4 is 5.32 Å². The van der Waals surface area contributed by atoms with Gasteiger partial charge in [-0.2, -0.15) is 11.8 Å². The largest absolute Gasteiger partial charge is 0.468 e. The van der Waals surface area contributed by atoms with Crippen molar-refractivity contribution >= 4 is 17.7 Å². The van der Waals surface area contributed by atoms with E-state index < -0.39 is 0 Å². The van der Waals surface area contributed by atoms with Gasteiger partial charge >= 0.3 is 0 Å². The number of hydrogen-bond acceptors (Lipinski definition) is 5. The molecule has 6 heteroatoms. The third kappa shape index (κ3) is 4.34. The molecule has 1 aliphatic rings. The summed E-state index contributed by atoms with van der Waals surface area (Å²) in [4.78, 5) is 20.5. The first-order valence-electron chi connectivity index (χ1n) is 7.53. The number of thioether (sulfide) groups is 1. The Kier molecular flexibility index (Phi) is 5.11. The van der Waals surface area contributed by atoms with Crippen molar-refractivity contribution in [3.63, 3.8) is 0 Å². The van der Waals surface area contributed by atoms with Gasteiger partial charge in [0.05, 0.1) is 17.6 Å². The number of nitrogens with zero attached hydrogens (tertiary/aromatic N) is 2. The Bertz CT molecular complexity index is 594. The number of amides is 1. The maximum atomic E-state index is 11.9. The lowest BCUT2D eigenvalue weighted by molar-refractivity contribution is 0.0953. The molecule has 2 aromatic heterocycles. The van der Waals surface area contributed by atoms with Crippen molar-refractivity contribution < 1.29 is 9.21 Å². The second-order valence-corrected chi connectivity index (χ2v) is 6.45. The van der Waals surface area contributed by atoms with E-state index in [4.69, 9.17) is 4.42 Å². The maximum Gasteiger partial charge on any atom is 0.254 e. The summed E-state index contributed by atoms with van der Waals surface area (Å²) >= 11 is 1.80. The average Bonchev–Trinajstić information content (AvgIpc) is 3.27. The van der Waals surface area contributed by atoms with Crippen molar-refractivity contribution in [3.8, 4) is 0 Å². The molecule has 0 bridgehead atoms. The van der Waals surface area contributed by atoms with E-state index in [9.17, 15) is 4.79 Å². The van der Waals surface area contributed by atoms with Gasteiger partial charge in [0.15, 0.2) is 0 Å². The molecule has 0 spiro atoms. The number of hydrogen-bond donors (Lipinski definition) is 1. The molecule has 116 valence electrons. The summed E-state index contributed by atoms with van der Waals surface area (Å²) in [6.07, 6.45) is 8.20. The number of carbonyl (C=O) groups is 1. The first kappa shape index (κ1) is 15.1. The Morgan fingerprint density at radius 2 is 2.18 bits per heavy atom. The predicted octanol–water partition coefficient (Wildman–Crippen LogP) is 3.00. The predicted molar refractivity (Wildman–Crippen MR) is 85.8 cm³/mol. The van der Waals surface area contributed by atoms with Crippen LogP contribution in [0.25, 0.3) is 0 Å². The first-order valence-corrected chi connectivity index (χ1v) is 8.68. The summed E-state index contributed by atoms with van der Waals surface area (Å²) < 4.78 is 5.26. The maximum absolute atomic E-state index is 11.9. The number of rotatable bonds is 8. The molecule has 2 aromatic rings. The van der Waals surface area contributed by atoms with Crippen molar-refractivity contribution in [2.24, 2.45) is 0 Å². The Hall–Kier alpha value is -1.82. The van der Waals surface area contributed by atoms with E-state index in [1.807, 2.05) is 12.1 Å². The van der Waals surface area contributed by atoms with E-state index in [0.29, 0.717) is 18.0 Å². The molecule has 0 aromatic carbocycles. The average molecular weight is 317 g/mol. The smallest absolute Gasteiger partial charge is 0.254 e. The van der Waals surface area contributed by atoms with Crippen molar-refractivity contribution in [2.45, 2.75) is 30.9 Å². The topological polar surface area (TPSA) is 68.0 Å². The molecule has 1 N–H and O–H groups in total. The Labute approximate surface area is 133 Å². The van der Waals surface area contributed by atoms with Crippen LogP contribution in [-0.4, -0.2) is 28.2 Å². The van der Waals surface area contributed by atoms with Gasteiger partial charge in [-0.1, -0.05) is 0 Å². The van der Waals surface area contributed by atoms with E-state index in [1.54, 1.807) is 30.4 Å². The molecule has 1 amide bonds. The minimum absolute atomic E-state index is 0.0987. The van der Waals surface area contributed by atoms with Gasteiger partial charge < -0.3 is 9.73 Å². The van der Waals surface area contributed by atoms with E-state index in [-0.39, 0.29) is 5.91 Å². The summed E-state index contributed by atoms with van der Waals surface area (Å²) in [5, 5.41) is 2.90. The van der Waals surface area contributed by atoms with Gasteiger partial charge in [-0.3, -0.25) is 4.79 Å². The number of carbonyl (C=O) groups excluding carboxylic acids is 1. The molecule has 0 unspecified atom stereocenters. The first-order chi connectivity index (χ1) is 10.8. The van der Waals surface area contributed by atoms with Gasteiger partial charge in [0.1, 0.15) is 11.6 Å².